The van der Waals surface area contributed by atoms with Crippen molar-refractivity contribution < 1.29 is 27.9 Å². The molecule has 1 heterocycles. The zero-order valence-corrected chi connectivity index (χ0v) is 13.5. The second kappa shape index (κ2) is 8.62. The van der Waals surface area contributed by atoms with Gasteiger partial charge in [0.2, 0.25) is 5.76 Å². The Balaban J connectivity index is 1.86. The summed E-state index contributed by atoms with van der Waals surface area (Å²) in [7, 11) is 0. The fourth-order valence-electron chi connectivity index (χ4n) is 1.86. The third-order valence-corrected chi connectivity index (χ3v) is 3.06. The molecule has 0 aliphatic carbocycles. The molecule has 0 unspecified atom stereocenters. The van der Waals surface area contributed by atoms with Gasteiger partial charge in [-0.25, -0.2) is 14.0 Å². The van der Waals surface area contributed by atoms with E-state index in [9.17, 15) is 18.8 Å². The quantitative estimate of drug-likeness (QED) is 0.782. The minimum absolute atomic E-state index is 0.109. The third kappa shape index (κ3) is 5.45. The second-order valence-electron chi connectivity index (χ2n) is 5.05. The van der Waals surface area contributed by atoms with Crippen molar-refractivity contribution in [1.82, 2.24) is 10.6 Å². The minimum Gasteiger partial charge on any atom is -0.450 e. The van der Waals surface area contributed by atoms with Crippen LogP contribution in [0.25, 0.3) is 11.3 Å². The van der Waals surface area contributed by atoms with Gasteiger partial charge in [0.05, 0.1) is 0 Å². The van der Waals surface area contributed by atoms with Crippen LogP contribution in [0.3, 0.4) is 0 Å². The van der Waals surface area contributed by atoms with E-state index in [0.717, 1.165) is 6.42 Å². The highest BCUT2D eigenvalue weighted by atomic mass is 19.1. The van der Waals surface area contributed by atoms with Gasteiger partial charge in [-0.15, -0.1) is 0 Å². The first-order chi connectivity index (χ1) is 12.0. The second-order valence-corrected chi connectivity index (χ2v) is 5.05. The summed E-state index contributed by atoms with van der Waals surface area (Å²) in [6, 6.07) is 7.80. The molecule has 8 heteroatoms. The molecule has 2 aromatic rings. The SMILES string of the molecule is CCCNC(=O)NC(=O)COC(=O)c1ccc(-c2ccc(F)cc2)o1. The maximum Gasteiger partial charge on any atom is 0.374 e. The van der Waals surface area contributed by atoms with E-state index in [1.165, 1.54) is 36.4 Å². The van der Waals surface area contributed by atoms with Crippen LogP contribution in [-0.2, 0) is 9.53 Å². The smallest absolute Gasteiger partial charge is 0.374 e. The van der Waals surface area contributed by atoms with E-state index >= 15 is 0 Å². The first-order valence-electron chi connectivity index (χ1n) is 7.60. The number of amides is 3. The Bertz CT molecular complexity index is 755. The lowest BCUT2D eigenvalue weighted by molar-refractivity contribution is -0.123. The summed E-state index contributed by atoms with van der Waals surface area (Å²) in [5.41, 5.74) is 0.589. The molecule has 25 heavy (non-hydrogen) atoms. The van der Waals surface area contributed by atoms with Crippen LogP contribution in [0.5, 0.6) is 0 Å². The monoisotopic (exact) mass is 348 g/mol. The molecule has 132 valence electrons. The summed E-state index contributed by atoms with van der Waals surface area (Å²) in [4.78, 5) is 34.6. The van der Waals surface area contributed by atoms with Crippen molar-refractivity contribution >= 4 is 17.9 Å². The fraction of sp³-hybridized carbons (Fsp3) is 0.235. The van der Waals surface area contributed by atoms with Gasteiger partial charge in [0.25, 0.3) is 5.91 Å². The third-order valence-electron chi connectivity index (χ3n) is 3.06. The number of esters is 1. The van der Waals surface area contributed by atoms with Gasteiger partial charge in [0.1, 0.15) is 11.6 Å². The first-order valence-corrected chi connectivity index (χ1v) is 7.60. The predicted octanol–water partition coefficient (Wildman–Crippen LogP) is 2.48. The maximum absolute atomic E-state index is 12.9. The summed E-state index contributed by atoms with van der Waals surface area (Å²) >= 11 is 0. The van der Waals surface area contributed by atoms with Crippen molar-refractivity contribution in [1.29, 1.82) is 0 Å². The molecule has 0 spiro atoms. The zero-order chi connectivity index (χ0) is 18.2. The van der Waals surface area contributed by atoms with Crippen molar-refractivity contribution in [3.8, 4) is 11.3 Å². The Hall–Kier alpha value is -3.16. The summed E-state index contributed by atoms with van der Waals surface area (Å²) in [6.45, 7) is 1.68. The van der Waals surface area contributed by atoms with Crippen LogP contribution in [0.15, 0.2) is 40.8 Å². The van der Waals surface area contributed by atoms with Crippen LogP contribution < -0.4 is 10.6 Å². The van der Waals surface area contributed by atoms with E-state index in [1.807, 2.05) is 12.2 Å². The van der Waals surface area contributed by atoms with E-state index in [-0.39, 0.29) is 11.6 Å². The van der Waals surface area contributed by atoms with Crippen LogP contribution in [0.1, 0.15) is 23.9 Å². The molecular weight excluding hydrogens is 331 g/mol. The lowest BCUT2D eigenvalue weighted by Gasteiger charge is -2.05. The molecule has 0 fully saturated rings. The summed E-state index contributed by atoms with van der Waals surface area (Å²) in [5.74, 6) is -1.74. The Kier molecular flexibility index (Phi) is 6.27. The number of imide groups is 1. The van der Waals surface area contributed by atoms with Gasteiger partial charge in [0.15, 0.2) is 6.61 Å². The van der Waals surface area contributed by atoms with Crippen LogP contribution in [0, 0.1) is 5.82 Å². The number of furan rings is 1. The average Bonchev–Trinajstić information content (AvgIpc) is 3.08. The van der Waals surface area contributed by atoms with E-state index in [4.69, 9.17) is 9.15 Å². The molecule has 0 bridgehead atoms. The normalized spacial score (nSPS) is 10.2. The number of hydrogen-bond acceptors (Lipinski definition) is 5. The number of halogens is 1. The number of rotatable bonds is 6. The lowest BCUT2D eigenvalue weighted by atomic mass is 10.2. The van der Waals surface area contributed by atoms with Gasteiger partial charge < -0.3 is 14.5 Å². The van der Waals surface area contributed by atoms with Crippen molar-refractivity contribution in [2.75, 3.05) is 13.2 Å². The number of ether oxygens (including phenoxy) is 1. The number of benzene rings is 1. The van der Waals surface area contributed by atoms with Gasteiger partial charge in [0, 0.05) is 12.1 Å². The fourth-order valence-corrected chi connectivity index (χ4v) is 1.86. The van der Waals surface area contributed by atoms with Crippen LogP contribution in [0.2, 0.25) is 0 Å². The molecule has 0 aliphatic rings. The highest BCUT2D eigenvalue weighted by molar-refractivity contribution is 5.96. The molecule has 1 aromatic heterocycles. The predicted molar refractivity (Wildman–Crippen MR) is 86.2 cm³/mol. The standard InChI is InChI=1S/C17H17FN2O5/c1-2-9-19-17(23)20-15(21)10-24-16(22)14-8-7-13(25-14)11-3-5-12(18)6-4-11/h3-8H,2,9-10H2,1H3,(H2,19,20,21,23). The van der Waals surface area contributed by atoms with Crippen molar-refractivity contribution in [3.05, 3.63) is 48.0 Å². The topological polar surface area (TPSA) is 97.6 Å². The lowest BCUT2D eigenvalue weighted by Crippen LogP contribution is -2.41. The Morgan fingerprint density at radius 3 is 2.52 bits per heavy atom. The largest absolute Gasteiger partial charge is 0.450 e. The minimum atomic E-state index is -0.850. The van der Waals surface area contributed by atoms with E-state index in [1.54, 1.807) is 0 Å². The number of urea groups is 1. The molecule has 0 saturated carbocycles. The Morgan fingerprint density at radius 2 is 1.84 bits per heavy atom. The summed E-state index contributed by atoms with van der Waals surface area (Å²) in [6.07, 6.45) is 0.728. The maximum atomic E-state index is 12.9. The Morgan fingerprint density at radius 1 is 1.12 bits per heavy atom. The molecule has 2 rings (SSSR count). The molecule has 2 N–H and O–H groups in total. The van der Waals surface area contributed by atoms with Crippen molar-refractivity contribution in [2.24, 2.45) is 0 Å². The molecule has 0 saturated heterocycles. The molecule has 0 atom stereocenters. The van der Waals surface area contributed by atoms with Gasteiger partial charge in [-0.1, -0.05) is 6.92 Å². The van der Waals surface area contributed by atoms with E-state index < -0.39 is 24.5 Å². The highest BCUT2D eigenvalue weighted by Gasteiger charge is 2.16. The van der Waals surface area contributed by atoms with E-state index in [0.29, 0.717) is 17.9 Å². The number of carbonyl (C=O) groups is 3. The number of hydrogen-bond donors (Lipinski definition) is 2. The van der Waals surface area contributed by atoms with Crippen LogP contribution in [0.4, 0.5) is 9.18 Å². The summed E-state index contributed by atoms with van der Waals surface area (Å²) in [5, 5.41) is 4.48. The van der Waals surface area contributed by atoms with Crippen molar-refractivity contribution in [2.45, 2.75) is 13.3 Å². The summed E-state index contributed by atoms with van der Waals surface area (Å²) < 4.78 is 23.0. The van der Waals surface area contributed by atoms with Crippen LogP contribution in [-0.4, -0.2) is 31.1 Å². The van der Waals surface area contributed by atoms with Gasteiger partial charge in [-0.3, -0.25) is 10.1 Å². The van der Waals surface area contributed by atoms with E-state index in [2.05, 4.69) is 5.32 Å². The Labute approximate surface area is 143 Å². The number of carbonyl (C=O) groups excluding carboxylic acids is 3. The molecule has 7 nitrogen and oxygen atoms in total. The molecule has 3 amide bonds. The van der Waals surface area contributed by atoms with Gasteiger partial charge in [-0.2, -0.15) is 0 Å². The first kappa shape index (κ1) is 18.2. The van der Waals surface area contributed by atoms with Crippen molar-refractivity contribution in [3.63, 3.8) is 0 Å². The van der Waals surface area contributed by atoms with Gasteiger partial charge in [-0.05, 0) is 42.8 Å². The number of nitrogens with one attached hydrogen (secondary N) is 2. The molecule has 0 aliphatic heterocycles. The zero-order valence-electron chi connectivity index (χ0n) is 13.5. The average molecular weight is 348 g/mol. The highest BCUT2D eigenvalue weighted by Crippen LogP contribution is 2.22. The molecule has 1 aromatic carbocycles. The van der Waals surface area contributed by atoms with Gasteiger partial charge >= 0.3 is 12.0 Å². The molecule has 0 radical (unpaired) electrons. The van der Waals surface area contributed by atoms with Crippen LogP contribution >= 0.6 is 0 Å². The molecular formula is C17H17FN2O5.